The number of allylic oxidation sites excluding steroid dienone is 1. The summed E-state index contributed by atoms with van der Waals surface area (Å²) in [6.07, 6.45) is 4.63. The molecular formula is C27H40BrN3O7. The van der Waals surface area contributed by atoms with Gasteiger partial charge in [-0.1, -0.05) is 28.1 Å². The number of halogens is 1. The summed E-state index contributed by atoms with van der Waals surface area (Å²) in [6, 6.07) is -1.59. The number of nitrogens with zero attached hydrogens (tertiary/aromatic N) is 3. The molecule has 7 atom stereocenters. The van der Waals surface area contributed by atoms with Gasteiger partial charge < -0.3 is 29.1 Å². The number of likely N-dealkylation sites (tertiary alicyclic amines) is 1. The number of hydrogen-bond acceptors (Lipinski definition) is 8. The summed E-state index contributed by atoms with van der Waals surface area (Å²) in [5, 5.41) is 10.0. The lowest BCUT2D eigenvalue weighted by molar-refractivity contribution is -0.156. The molecule has 3 unspecified atom stereocenters. The Bertz CT molecular complexity index is 913. The van der Waals surface area contributed by atoms with Gasteiger partial charge in [0.25, 0.3) is 0 Å². The summed E-state index contributed by atoms with van der Waals surface area (Å²) < 4.78 is 17.5. The summed E-state index contributed by atoms with van der Waals surface area (Å²) in [4.78, 5) is 46.7. The van der Waals surface area contributed by atoms with Gasteiger partial charge in [0, 0.05) is 37.6 Å². The zero-order valence-corrected chi connectivity index (χ0v) is 23.7. The van der Waals surface area contributed by atoms with Crippen molar-refractivity contribution in [2.45, 2.75) is 54.8 Å². The zero-order valence-electron chi connectivity index (χ0n) is 22.1. The van der Waals surface area contributed by atoms with E-state index in [-0.39, 0.29) is 29.9 Å². The minimum absolute atomic E-state index is 0.210. The summed E-state index contributed by atoms with van der Waals surface area (Å²) in [5.41, 5.74) is -1.18. The highest BCUT2D eigenvalue weighted by Crippen LogP contribution is 2.60. The third kappa shape index (κ3) is 5.32. The number of aliphatic hydroxyl groups is 1. The molecule has 4 aliphatic rings. The predicted molar refractivity (Wildman–Crippen MR) is 144 cm³/mol. The van der Waals surface area contributed by atoms with E-state index >= 15 is 0 Å². The van der Waals surface area contributed by atoms with Crippen molar-refractivity contribution in [3.8, 4) is 0 Å². The Morgan fingerprint density at radius 3 is 2.71 bits per heavy atom. The van der Waals surface area contributed by atoms with Crippen molar-refractivity contribution in [3.63, 3.8) is 0 Å². The van der Waals surface area contributed by atoms with Gasteiger partial charge >= 0.3 is 5.97 Å². The van der Waals surface area contributed by atoms with Crippen molar-refractivity contribution in [2.75, 3.05) is 59.2 Å². The van der Waals surface area contributed by atoms with Gasteiger partial charge in [-0.15, -0.1) is 13.2 Å². The van der Waals surface area contributed by atoms with Crippen LogP contribution in [0.1, 0.15) is 26.2 Å². The van der Waals surface area contributed by atoms with E-state index in [0.717, 1.165) is 13.1 Å². The fourth-order valence-corrected chi connectivity index (χ4v) is 7.32. The Kier molecular flexibility index (Phi) is 9.67. The van der Waals surface area contributed by atoms with Gasteiger partial charge in [-0.25, -0.2) is 0 Å². The number of carbonyl (C=O) groups excluding carboxylic acids is 3. The van der Waals surface area contributed by atoms with Gasteiger partial charge in [0.15, 0.2) is 0 Å². The average Bonchev–Trinajstić information content (AvgIpc) is 3.52. The van der Waals surface area contributed by atoms with E-state index in [4.69, 9.17) is 14.2 Å². The molecule has 2 bridgehead atoms. The minimum Gasteiger partial charge on any atom is -0.465 e. The van der Waals surface area contributed by atoms with Crippen LogP contribution in [0.25, 0.3) is 0 Å². The van der Waals surface area contributed by atoms with Gasteiger partial charge in [0.05, 0.1) is 50.4 Å². The molecule has 0 radical (unpaired) electrons. The molecule has 212 valence electrons. The van der Waals surface area contributed by atoms with Gasteiger partial charge in [0.2, 0.25) is 11.8 Å². The van der Waals surface area contributed by atoms with Crippen molar-refractivity contribution < 1.29 is 33.7 Å². The topological polar surface area (TPSA) is 109 Å². The minimum atomic E-state index is -1.18. The number of carbonyl (C=O) groups is 3. The molecule has 1 N–H and O–H groups in total. The largest absolute Gasteiger partial charge is 0.465 e. The van der Waals surface area contributed by atoms with Crippen LogP contribution in [0.15, 0.2) is 25.3 Å². The van der Waals surface area contributed by atoms with E-state index in [1.807, 2.05) is 0 Å². The molecule has 11 heteroatoms. The number of amides is 2. The summed E-state index contributed by atoms with van der Waals surface area (Å²) in [7, 11) is 0. The molecule has 4 rings (SSSR count). The van der Waals surface area contributed by atoms with Crippen molar-refractivity contribution in [1.29, 1.82) is 0 Å². The molecule has 4 fully saturated rings. The lowest BCUT2D eigenvalue weighted by Crippen LogP contribution is -2.59. The zero-order chi connectivity index (χ0) is 27.4. The van der Waals surface area contributed by atoms with Crippen molar-refractivity contribution in [3.05, 3.63) is 25.3 Å². The van der Waals surface area contributed by atoms with Gasteiger partial charge in [0.1, 0.15) is 11.6 Å². The molecule has 0 aliphatic carbocycles. The van der Waals surface area contributed by atoms with Gasteiger partial charge in [-0.3, -0.25) is 19.3 Å². The predicted octanol–water partition coefficient (Wildman–Crippen LogP) is 0.971. The van der Waals surface area contributed by atoms with Crippen molar-refractivity contribution in [2.24, 2.45) is 11.8 Å². The highest BCUT2D eigenvalue weighted by molar-refractivity contribution is 9.09. The van der Waals surface area contributed by atoms with Crippen molar-refractivity contribution >= 4 is 33.7 Å². The maximum absolute atomic E-state index is 14.3. The molecule has 0 aromatic heterocycles. The Morgan fingerprint density at radius 2 is 2.05 bits per heavy atom. The number of fused-ring (bicyclic) bond motifs is 1. The normalized spacial score (nSPS) is 33.2. The Morgan fingerprint density at radius 1 is 1.32 bits per heavy atom. The smallest absolute Gasteiger partial charge is 0.312 e. The van der Waals surface area contributed by atoms with Crippen LogP contribution in [-0.4, -0.2) is 125 Å². The monoisotopic (exact) mass is 597 g/mol. The first-order valence-corrected chi connectivity index (χ1v) is 14.4. The van der Waals surface area contributed by atoms with E-state index in [9.17, 15) is 19.5 Å². The molecule has 0 aromatic rings. The molecule has 4 heterocycles. The molecule has 10 nitrogen and oxygen atoms in total. The third-order valence-electron chi connectivity index (χ3n) is 8.22. The maximum Gasteiger partial charge on any atom is 0.312 e. The second kappa shape index (κ2) is 12.6. The second-order valence-corrected chi connectivity index (χ2v) is 11.7. The number of aliphatic hydroxyl groups excluding tert-OH is 1. The Hall–Kier alpha value is -1.79. The van der Waals surface area contributed by atoms with Gasteiger partial charge in [-0.05, 0) is 26.2 Å². The highest BCUT2D eigenvalue weighted by atomic mass is 79.9. The van der Waals surface area contributed by atoms with Crippen LogP contribution in [0.3, 0.4) is 0 Å². The molecular weight excluding hydrogens is 558 g/mol. The molecule has 1 spiro atoms. The van der Waals surface area contributed by atoms with Crippen LogP contribution in [0, 0.1) is 11.8 Å². The number of rotatable bonds is 13. The van der Waals surface area contributed by atoms with E-state index in [0.29, 0.717) is 52.1 Å². The van der Waals surface area contributed by atoms with E-state index in [1.165, 1.54) is 4.90 Å². The Labute approximate surface area is 233 Å². The molecule has 4 aliphatic heterocycles. The lowest BCUT2D eigenvalue weighted by atomic mass is 9.70. The van der Waals surface area contributed by atoms with Crippen LogP contribution in [0.4, 0.5) is 0 Å². The summed E-state index contributed by atoms with van der Waals surface area (Å²) >= 11 is 3.66. The van der Waals surface area contributed by atoms with E-state index in [1.54, 1.807) is 24.0 Å². The first kappa shape index (κ1) is 29.2. The SMILES string of the molecule is C=CCCCOC(=O)[C@H]1[C@@H]2OC3(CC2Br)C(C(=O)N(CC=C)CCN2CCOCC2)N([C@H](C)CO)C(=O)[C@H]13. The van der Waals surface area contributed by atoms with E-state index < -0.39 is 41.6 Å². The molecule has 0 aromatic carbocycles. The number of hydrogen-bond donors (Lipinski definition) is 1. The number of morpholine rings is 1. The number of ether oxygens (including phenoxy) is 3. The maximum atomic E-state index is 14.3. The van der Waals surface area contributed by atoms with Crippen LogP contribution in [-0.2, 0) is 28.6 Å². The number of alkyl halides is 1. The fraction of sp³-hybridized carbons (Fsp3) is 0.741. The second-order valence-electron chi connectivity index (χ2n) is 10.6. The fourth-order valence-electron chi connectivity index (χ4n) is 6.38. The number of esters is 1. The lowest BCUT2D eigenvalue weighted by Gasteiger charge is -2.39. The highest BCUT2D eigenvalue weighted by Gasteiger charge is 2.77. The first-order valence-electron chi connectivity index (χ1n) is 13.5. The first-order chi connectivity index (χ1) is 18.3. The standard InChI is InChI=1S/C27H40BrN3O7/c1-4-6-7-13-37-26(35)20-21-24(33)31(18(3)17-32)23(27(21)16-19(28)22(20)38-27)25(34)30(8-5-2)10-9-29-11-14-36-15-12-29/h4-5,18-23,32H,1-2,6-17H2,3H3/t18-,19?,20-,21+,22-,23?,27?/m1/s1. The Balaban J connectivity index is 1.62. The van der Waals surface area contributed by atoms with Gasteiger partial charge in [-0.2, -0.15) is 0 Å². The number of unbranched alkanes of at least 4 members (excludes halogenated alkanes) is 1. The quantitative estimate of drug-likeness (QED) is 0.145. The van der Waals surface area contributed by atoms with Crippen LogP contribution >= 0.6 is 15.9 Å². The molecule has 0 saturated carbocycles. The van der Waals surface area contributed by atoms with E-state index in [2.05, 4.69) is 34.0 Å². The molecule has 2 amide bonds. The average molecular weight is 599 g/mol. The summed E-state index contributed by atoms with van der Waals surface area (Å²) in [5.74, 6) is -2.75. The summed E-state index contributed by atoms with van der Waals surface area (Å²) in [6.45, 7) is 13.5. The third-order valence-corrected chi connectivity index (χ3v) is 9.06. The van der Waals surface area contributed by atoms with Crippen LogP contribution < -0.4 is 0 Å². The molecule has 38 heavy (non-hydrogen) atoms. The van der Waals surface area contributed by atoms with Crippen LogP contribution in [0.5, 0.6) is 0 Å². The van der Waals surface area contributed by atoms with Crippen molar-refractivity contribution in [1.82, 2.24) is 14.7 Å². The molecule has 4 saturated heterocycles. The van der Waals surface area contributed by atoms with Crippen LogP contribution in [0.2, 0.25) is 0 Å².